The van der Waals surface area contributed by atoms with Crippen LogP contribution in [0.4, 0.5) is 0 Å². The third-order valence-electron chi connectivity index (χ3n) is 3.66. The van der Waals surface area contributed by atoms with E-state index in [0.29, 0.717) is 6.54 Å². The molecule has 0 aliphatic heterocycles. The second kappa shape index (κ2) is 6.68. The molecule has 0 atom stereocenters. The summed E-state index contributed by atoms with van der Waals surface area (Å²) in [6, 6.07) is 10.6. The molecule has 2 aromatic rings. The summed E-state index contributed by atoms with van der Waals surface area (Å²) in [5.41, 5.74) is 10.7. The molecule has 1 heterocycles. The minimum Gasteiger partial charge on any atom is -0.326 e. The van der Waals surface area contributed by atoms with Gasteiger partial charge in [0.2, 0.25) is 0 Å². The molecule has 108 valence electrons. The number of aromatic nitrogens is 2. The predicted octanol–water partition coefficient (Wildman–Crippen LogP) is 2.21. The molecule has 20 heavy (non-hydrogen) atoms. The van der Waals surface area contributed by atoms with Gasteiger partial charge in [0.15, 0.2) is 0 Å². The van der Waals surface area contributed by atoms with Gasteiger partial charge in [-0.25, -0.2) is 0 Å². The highest BCUT2D eigenvalue weighted by Crippen LogP contribution is 2.14. The molecular formula is C16H24N4. The van der Waals surface area contributed by atoms with Crippen LogP contribution < -0.4 is 5.73 Å². The molecule has 2 N–H and O–H groups in total. The molecule has 4 heteroatoms. The Bertz CT molecular complexity index is 559. The van der Waals surface area contributed by atoms with Crippen molar-refractivity contribution in [2.75, 3.05) is 6.54 Å². The van der Waals surface area contributed by atoms with E-state index in [-0.39, 0.29) is 0 Å². The van der Waals surface area contributed by atoms with Gasteiger partial charge in [-0.2, -0.15) is 5.10 Å². The Morgan fingerprint density at radius 3 is 2.45 bits per heavy atom. The Morgan fingerprint density at radius 2 is 1.90 bits per heavy atom. The van der Waals surface area contributed by atoms with Crippen molar-refractivity contribution in [3.8, 4) is 0 Å². The highest BCUT2D eigenvalue weighted by Gasteiger charge is 2.10. The Kier molecular flexibility index (Phi) is 4.93. The van der Waals surface area contributed by atoms with E-state index in [0.717, 1.165) is 25.3 Å². The van der Waals surface area contributed by atoms with Gasteiger partial charge in [-0.1, -0.05) is 31.2 Å². The van der Waals surface area contributed by atoms with Crippen LogP contribution in [0, 0.1) is 6.92 Å². The van der Waals surface area contributed by atoms with Crippen LogP contribution >= 0.6 is 0 Å². The van der Waals surface area contributed by atoms with Crippen molar-refractivity contribution in [1.82, 2.24) is 14.7 Å². The first-order chi connectivity index (χ1) is 9.63. The zero-order valence-electron chi connectivity index (χ0n) is 12.6. The van der Waals surface area contributed by atoms with Gasteiger partial charge < -0.3 is 5.73 Å². The van der Waals surface area contributed by atoms with E-state index < -0.39 is 0 Å². The maximum atomic E-state index is 5.82. The van der Waals surface area contributed by atoms with Crippen molar-refractivity contribution in [3.05, 3.63) is 52.8 Å². The zero-order valence-corrected chi connectivity index (χ0v) is 12.6. The molecule has 1 aromatic heterocycles. The summed E-state index contributed by atoms with van der Waals surface area (Å²) < 4.78 is 1.97. The number of hydrogen-bond acceptors (Lipinski definition) is 3. The van der Waals surface area contributed by atoms with Crippen LogP contribution in [0.5, 0.6) is 0 Å². The van der Waals surface area contributed by atoms with Crippen LogP contribution in [0.15, 0.2) is 30.3 Å². The van der Waals surface area contributed by atoms with Crippen molar-refractivity contribution in [1.29, 1.82) is 0 Å². The first kappa shape index (κ1) is 14.8. The van der Waals surface area contributed by atoms with Gasteiger partial charge in [-0.05, 0) is 30.7 Å². The summed E-state index contributed by atoms with van der Waals surface area (Å²) in [5.74, 6) is 0. The number of aryl methyl sites for hydroxylation is 2. The predicted molar refractivity (Wildman–Crippen MR) is 82.1 cm³/mol. The zero-order chi connectivity index (χ0) is 14.5. The van der Waals surface area contributed by atoms with E-state index in [4.69, 9.17) is 5.73 Å². The number of nitrogens with two attached hydrogens (primary N) is 1. The van der Waals surface area contributed by atoms with Gasteiger partial charge in [0.25, 0.3) is 0 Å². The van der Waals surface area contributed by atoms with Crippen molar-refractivity contribution in [3.63, 3.8) is 0 Å². The maximum absolute atomic E-state index is 5.82. The molecule has 0 aliphatic carbocycles. The Labute approximate surface area is 121 Å². The first-order valence-electron chi connectivity index (χ1n) is 7.12. The minimum absolute atomic E-state index is 0.596. The van der Waals surface area contributed by atoms with Gasteiger partial charge in [-0.3, -0.25) is 9.58 Å². The third-order valence-corrected chi connectivity index (χ3v) is 3.66. The molecule has 0 spiro atoms. The molecule has 2 rings (SSSR count). The van der Waals surface area contributed by atoms with E-state index in [1.165, 1.54) is 16.8 Å². The number of benzene rings is 1. The highest BCUT2D eigenvalue weighted by molar-refractivity contribution is 5.26. The van der Waals surface area contributed by atoms with E-state index in [1.54, 1.807) is 0 Å². The van der Waals surface area contributed by atoms with Crippen LogP contribution in [0.3, 0.4) is 0 Å². The second-order valence-electron chi connectivity index (χ2n) is 5.18. The quantitative estimate of drug-likeness (QED) is 0.877. The minimum atomic E-state index is 0.596. The summed E-state index contributed by atoms with van der Waals surface area (Å²) >= 11 is 0. The van der Waals surface area contributed by atoms with Crippen LogP contribution in [-0.4, -0.2) is 21.2 Å². The SMILES string of the molecule is CCN(Cc1ccccc1CN)Cc1cc(C)nn1C. The average Bonchev–Trinajstić information content (AvgIpc) is 2.76. The van der Waals surface area contributed by atoms with Crippen LogP contribution in [0.1, 0.15) is 29.4 Å². The van der Waals surface area contributed by atoms with Crippen LogP contribution in [0.25, 0.3) is 0 Å². The van der Waals surface area contributed by atoms with E-state index in [9.17, 15) is 0 Å². The van der Waals surface area contributed by atoms with Crippen molar-refractivity contribution >= 4 is 0 Å². The monoisotopic (exact) mass is 272 g/mol. The molecule has 0 bridgehead atoms. The number of nitrogens with zero attached hydrogens (tertiary/aromatic N) is 3. The van der Waals surface area contributed by atoms with Crippen molar-refractivity contribution in [2.24, 2.45) is 12.8 Å². The number of rotatable bonds is 6. The normalized spacial score (nSPS) is 11.2. The molecule has 1 aromatic carbocycles. The topological polar surface area (TPSA) is 47.1 Å². The van der Waals surface area contributed by atoms with Gasteiger partial charge in [0.05, 0.1) is 11.4 Å². The lowest BCUT2D eigenvalue weighted by Gasteiger charge is -2.21. The third kappa shape index (κ3) is 3.46. The molecule has 4 nitrogen and oxygen atoms in total. The van der Waals surface area contributed by atoms with Crippen molar-refractivity contribution in [2.45, 2.75) is 33.5 Å². The molecule has 0 saturated heterocycles. The van der Waals surface area contributed by atoms with E-state index in [1.807, 2.05) is 24.7 Å². The fourth-order valence-corrected chi connectivity index (χ4v) is 2.47. The highest BCUT2D eigenvalue weighted by atomic mass is 15.3. The molecule has 0 saturated carbocycles. The Morgan fingerprint density at radius 1 is 1.20 bits per heavy atom. The van der Waals surface area contributed by atoms with Crippen LogP contribution in [-0.2, 0) is 26.7 Å². The first-order valence-corrected chi connectivity index (χ1v) is 7.12. The maximum Gasteiger partial charge on any atom is 0.0597 e. The average molecular weight is 272 g/mol. The van der Waals surface area contributed by atoms with Gasteiger partial charge in [0, 0.05) is 26.7 Å². The summed E-state index contributed by atoms with van der Waals surface area (Å²) in [5, 5.41) is 4.41. The summed E-state index contributed by atoms with van der Waals surface area (Å²) in [6.07, 6.45) is 0. The Hall–Kier alpha value is -1.65. The fraction of sp³-hybridized carbons (Fsp3) is 0.438. The smallest absolute Gasteiger partial charge is 0.0597 e. The summed E-state index contributed by atoms with van der Waals surface area (Å²) in [4.78, 5) is 2.41. The molecule has 0 unspecified atom stereocenters. The lowest BCUT2D eigenvalue weighted by atomic mass is 10.1. The second-order valence-corrected chi connectivity index (χ2v) is 5.18. The molecule has 0 radical (unpaired) electrons. The van der Waals surface area contributed by atoms with E-state index >= 15 is 0 Å². The molecular weight excluding hydrogens is 248 g/mol. The van der Waals surface area contributed by atoms with E-state index in [2.05, 4.69) is 41.2 Å². The lowest BCUT2D eigenvalue weighted by molar-refractivity contribution is 0.263. The lowest BCUT2D eigenvalue weighted by Crippen LogP contribution is -2.24. The summed E-state index contributed by atoms with van der Waals surface area (Å²) in [7, 11) is 2.00. The van der Waals surface area contributed by atoms with Gasteiger partial charge >= 0.3 is 0 Å². The van der Waals surface area contributed by atoms with Crippen LogP contribution in [0.2, 0.25) is 0 Å². The standard InChI is InChI=1S/C16H24N4/c1-4-20(12-16-9-13(2)18-19(16)3)11-15-8-6-5-7-14(15)10-17/h5-9H,4,10-12,17H2,1-3H3. The van der Waals surface area contributed by atoms with Crippen molar-refractivity contribution < 1.29 is 0 Å². The fourth-order valence-electron chi connectivity index (χ4n) is 2.47. The summed E-state index contributed by atoms with van der Waals surface area (Å²) in [6.45, 7) is 7.65. The Balaban J connectivity index is 2.11. The largest absolute Gasteiger partial charge is 0.326 e. The van der Waals surface area contributed by atoms with Gasteiger partial charge in [-0.15, -0.1) is 0 Å². The molecule has 0 amide bonds. The molecule has 0 fully saturated rings. The van der Waals surface area contributed by atoms with Gasteiger partial charge in [0.1, 0.15) is 0 Å². The molecule has 0 aliphatic rings. The number of hydrogen-bond donors (Lipinski definition) is 1.